The third kappa shape index (κ3) is 2.49. The number of aliphatic hydroxyl groups is 1. The lowest BCUT2D eigenvalue weighted by Gasteiger charge is -2.34. The maximum atomic E-state index is 13.1. The monoisotopic (exact) mass is 361 g/mol. The van der Waals surface area contributed by atoms with Crippen molar-refractivity contribution >= 4 is 28.5 Å². The lowest BCUT2D eigenvalue weighted by atomic mass is 9.72. The lowest BCUT2D eigenvalue weighted by Crippen LogP contribution is -2.42. The van der Waals surface area contributed by atoms with E-state index in [9.17, 15) is 9.90 Å². The Labute approximate surface area is 152 Å². The zero-order chi connectivity index (χ0) is 17.8. The second kappa shape index (κ2) is 6.03. The van der Waals surface area contributed by atoms with Crippen molar-refractivity contribution < 1.29 is 14.3 Å². The summed E-state index contributed by atoms with van der Waals surface area (Å²) in [5, 5.41) is 11.5. The van der Waals surface area contributed by atoms with Gasteiger partial charge in [0.2, 0.25) is 5.91 Å². The van der Waals surface area contributed by atoms with Crippen molar-refractivity contribution in [2.75, 3.05) is 6.61 Å². The molecule has 2 bridgehead atoms. The number of benzene rings is 1. The quantitative estimate of drug-likeness (QED) is 0.892. The minimum atomic E-state index is -0.114. The van der Waals surface area contributed by atoms with Crippen LogP contribution in [0.3, 0.4) is 0 Å². The van der Waals surface area contributed by atoms with Crippen LogP contribution in [0.1, 0.15) is 43.7 Å². The van der Waals surface area contributed by atoms with E-state index in [1.165, 1.54) is 0 Å². The minimum absolute atomic E-state index is 0.114. The zero-order valence-corrected chi connectivity index (χ0v) is 15.5. The predicted molar refractivity (Wildman–Crippen MR) is 97.7 cm³/mol. The Hall–Kier alpha value is -1.52. The van der Waals surface area contributed by atoms with Crippen LogP contribution in [0.5, 0.6) is 0 Å². The molecule has 1 aromatic carbocycles. The van der Waals surface area contributed by atoms with Gasteiger partial charge in [0.1, 0.15) is 5.58 Å². The Kier molecular flexibility index (Phi) is 4.08. The van der Waals surface area contributed by atoms with E-state index in [2.05, 4.69) is 6.92 Å². The van der Waals surface area contributed by atoms with Gasteiger partial charge in [-0.2, -0.15) is 0 Å². The van der Waals surface area contributed by atoms with Gasteiger partial charge in [0.05, 0.1) is 19.3 Å². The molecule has 3 atom stereocenters. The molecule has 3 heterocycles. The molecule has 0 saturated carbocycles. The summed E-state index contributed by atoms with van der Waals surface area (Å²) in [5.74, 6) is 0.135. The predicted octanol–water partition coefficient (Wildman–Crippen LogP) is 4.09. The maximum Gasteiger partial charge on any atom is 0.227 e. The van der Waals surface area contributed by atoms with Crippen molar-refractivity contribution in [3.63, 3.8) is 0 Å². The summed E-state index contributed by atoms with van der Waals surface area (Å²) < 4.78 is 5.63. The second-order valence-electron chi connectivity index (χ2n) is 7.66. The molecule has 134 valence electrons. The van der Waals surface area contributed by atoms with Gasteiger partial charge in [-0.25, -0.2) is 0 Å². The summed E-state index contributed by atoms with van der Waals surface area (Å²) in [7, 11) is 0. The Morgan fingerprint density at radius 3 is 2.92 bits per heavy atom. The molecule has 0 radical (unpaired) electrons. The van der Waals surface area contributed by atoms with E-state index in [0.29, 0.717) is 11.4 Å². The van der Waals surface area contributed by atoms with Crippen molar-refractivity contribution in [1.82, 2.24) is 4.90 Å². The topological polar surface area (TPSA) is 53.7 Å². The first-order valence-electron chi connectivity index (χ1n) is 9.07. The number of hydrogen-bond acceptors (Lipinski definition) is 3. The third-order valence-corrected chi connectivity index (χ3v) is 6.84. The fraction of sp³-hybridized carbons (Fsp3) is 0.550. The molecule has 2 aromatic rings. The van der Waals surface area contributed by atoms with Crippen molar-refractivity contribution in [2.24, 2.45) is 5.41 Å². The Morgan fingerprint density at radius 2 is 2.24 bits per heavy atom. The number of fused-ring (bicyclic) bond motifs is 3. The number of aryl methyl sites for hydroxylation is 1. The molecular weight excluding hydrogens is 338 g/mol. The highest BCUT2D eigenvalue weighted by atomic mass is 35.5. The van der Waals surface area contributed by atoms with Crippen molar-refractivity contribution in [3.8, 4) is 0 Å². The van der Waals surface area contributed by atoms with Gasteiger partial charge in [0.25, 0.3) is 0 Å². The number of furan rings is 1. The average molecular weight is 362 g/mol. The standard InChI is InChI=1S/C20H24ClNO3/c1-3-20(11-23)9-14-4-5-18(20)22(14)19(24)7-13-10-25-17-6-12(2)16(21)8-15(13)17/h6,8,10,14,18,23H,3-5,7,9,11H2,1-2H3/t14-,18+,20-/m0/s1. The smallest absolute Gasteiger partial charge is 0.227 e. The highest BCUT2D eigenvalue weighted by molar-refractivity contribution is 6.32. The number of halogens is 1. The molecule has 0 spiro atoms. The van der Waals surface area contributed by atoms with Gasteiger partial charge in [0, 0.05) is 33.5 Å². The molecule has 2 aliphatic heterocycles. The number of amides is 1. The van der Waals surface area contributed by atoms with Crippen molar-refractivity contribution in [2.45, 2.75) is 58.0 Å². The van der Waals surface area contributed by atoms with Gasteiger partial charge in [-0.1, -0.05) is 18.5 Å². The third-order valence-electron chi connectivity index (χ3n) is 6.44. The van der Waals surface area contributed by atoms with Gasteiger partial charge in [-0.05, 0) is 50.3 Å². The van der Waals surface area contributed by atoms with Crippen molar-refractivity contribution in [3.05, 3.63) is 34.5 Å². The zero-order valence-electron chi connectivity index (χ0n) is 14.7. The average Bonchev–Trinajstić information content (AvgIpc) is 3.28. The number of rotatable bonds is 4. The highest BCUT2D eigenvalue weighted by Crippen LogP contribution is 2.51. The van der Waals surface area contributed by atoms with Gasteiger partial charge in [-0.15, -0.1) is 0 Å². The SMILES string of the molecule is CC[C@@]1(CO)C[C@@H]2CC[C@H]1N2C(=O)Cc1coc2cc(C)c(Cl)cc12. The van der Waals surface area contributed by atoms with Gasteiger partial charge in [0.15, 0.2) is 0 Å². The Balaban J connectivity index is 1.60. The van der Waals surface area contributed by atoms with E-state index in [0.717, 1.165) is 47.8 Å². The molecule has 2 aliphatic rings. The molecule has 2 fully saturated rings. The summed E-state index contributed by atoms with van der Waals surface area (Å²) in [6, 6.07) is 4.25. The van der Waals surface area contributed by atoms with Crippen LogP contribution in [0.15, 0.2) is 22.8 Å². The number of carbonyl (C=O) groups excluding carboxylic acids is 1. The van der Waals surface area contributed by atoms with Crippen LogP contribution in [0.25, 0.3) is 11.0 Å². The summed E-state index contributed by atoms with van der Waals surface area (Å²) in [6.07, 6.45) is 5.89. The van der Waals surface area contributed by atoms with Crippen LogP contribution in [0, 0.1) is 12.3 Å². The van der Waals surface area contributed by atoms with E-state index in [4.69, 9.17) is 16.0 Å². The van der Waals surface area contributed by atoms with Crippen molar-refractivity contribution in [1.29, 1.82) is 0 Å². The van der Waals surface area contributed by atoms with Crippen LogP contribution in [0.2, 0.25) is 5.02 Å². The van der Waals surface area contributed by atoms with Crippen LogP contribution in [-0.4, -0.2) is 34.6 Å². The summed E-state index contributed by atoms with van der Waals surface area (Å²) in [5.41, 5.74) is 2.51. The van der Waals surface area contributed by atoms with E-state index >= 15 is 0 Å². The van der Waals surface area contributed by atoms with Crippen LogP contribution in [-0.2, 0) is 11.2 Å². The first-order valence-corrected chi connectivity index (χ1v) is 9.45. The molecule has 2 saturated heterocycles. The Morgan fingerprint density at radius 1 is 1.44 bits per heavy atom. The molecule has 5 heteroatoms. The van der Waals surface area contributed by atoms with Crippen LogP contribution >= 0.6 is 11.6 Å². The largest absolute Gasteiger partial charge is 0.464 e. The molecule has 25 heavy (non-hydrogen) atoms. The van der Waals surface area contributed by atoms with E-state index in [1.54, 1.807) is 6.26 Å². The number of aliphatic hydroxyl groups excluding tert-OH is 1. The highest BCUT2D eigenvalue weighted by Gasteiger charge is 2.56. The molecular formula is C20H24ClNO3. The number of nitrogens with zero attached hydrogens (tertiary/aromatic N) is 1. The summed E-state index contributed by atoms with van der Waals surface area (Å²) >= 11 is 6.25. The van der Waals surface area contributed by atoms with Crippen LogP contribution in [0.4, 0.5) is 0 Å². The van der Waals surface area contributed by atoms with Gasteiger partial charge < -0.3 is 14.4 Å². The van der Waals surface area contributed by atoms with Gasteiger partial charge >= 0.3 is 0 Å². The lowest BCUT2D eigenvalue weighted by molar-refractivity contribution is -0.132. The molecule has 0 unspecified atom stereocenters. The molecule has 4 rings (SSSR count). The molecule has 0 aliphatic carbocycles. The normalized spacial score (nSPS) is 28.2. The summed E-state index contributed by atoms with van der Waals surface area (Å²) in [6.45, 7) is 4.22. The van der Waals surface area contributed by atoms with E-state index in [-0.39, 0.29) is 30.0 Å². The number of hydrogen-bond donors (Lipinski definition) is 1. The maximum absolute atomic E-state index is 13.1. The minimum Gasteiger partial charge on any atom is -0.464 e. The molecule has 1 amide bonds. The molecule has 4 nitrogen and oxygen atoms in total. The van der Waals surface area contributed by atoms with Gasteiger partial charge in [-0.3, -0.25) is 4.79 Å². The second-order valence-corrected chi connectivity index (χ2v) is 8.07. The Bertz CT molecular complexity index is 824. The molecule has 1 aromatic heterocycles. The summed E-state index contributed by atoms with van der Waals surface area (Å²) in [4.78, 5) is 15.1. The fourth-order valence-electron chi connectivity index (χ4n) is 4.92. The first-order chi connectivity index (χ1) is 12.0. The first kappa shape index (κ1) is 16.9. The van der Waals surface area contributed by atoms with E-state index < -0.39 is 0 Å². The number of carbonyl (C=O) groups is 1. The van der Waals surface area contributed by atoms with Crippen LogP contribution < -0.4 is 0 Å². The fourth-order valence-corrected chi connectivity index (χ4v) is 5.09. The van der Waals surface area contributed by atoms with E-state index in [1.807, 2.05) is 24.0 Å². The molecule has 1 N–H and O–H groups in total.